The molecule has 0 amide bonds. The van der Waals surface area contributed by atoms with Crippen LogP contribution in [0, 0.1) is 11.3 Å². The minimum absolute atomic E-state index is 0.0969. The Morgan fingerprint density at radius 1 is 0.967 bits per heavy atom. The second-order valence-corrected chi connectivity index (χ2v) is 19.0. The van der Waals surface area contributed by atoms with Crippen molar-refractivity contribution >= 4 is 34.5 Å². The standard InChI is InChI=1S/C48H62N4O9/c1-8-10-17-44(56)25-30-26-47(42(54)59-6,38-32(16-21-51(27-30)28-44)31-14-11-12-15-35(31)49-38)34-23-33-36(24-37(34)58-5)50(4)40-46(33)19-22-52-20-13-18-45(9-2,39(46)52)41(61-29(3)53)48(40,57)43(55)60-7/h11-15,18,23-24,30,39-41,49,56-57H,8-10,16-17,19-22,25-28H2,1-7H3/t30-,39+,40-,41-,44+,45-,46-,47+,48+/m1/s1. The van der Waals surface area contributed by atoms with Gasteiger partial charge in [-0.15, -0.1) is 0 Å². The molecule has 3 aromatic rings. The van der Waals surface area contributed by atoms with E-state index in [1.807, 2.05) is 43.1 Å². The zero-order valence-corrected chi connectivity index (χ0v) is 36.7. The van der Waals surface area contributed by atoms with Gasteiger partial charge in [-0.2, -0.15) is 0 Å². The number of nitrogens with zero attached hydrogens (tertiary/aromatic N) is 3. The minimum Gasteiger partial charge on any atom is -0.496 e. The number of aliphatic hydroxyl groups is 2. The number of likely N-dealkylation sites (N-methyl/N-ethyl adjacent to an activating group) is 1. The van der Waals surface area contributed by atoms with Crippen LogP contribution < -0.4 is 9.64 Å². The number of aromatic nitrogens is 1. The molecular weight excluding hydrogens is 777 g/mol. The first kappa shape index (κ1) is 41.9. The SMILES string of the molecule is CCCC[C@]1(O)C[C@H]2CN(CCc3c([nH]c4ccccc34)[C@@](C(=O)OC)(c3cc4c(cc3OC)N(C)[C@H]3[C@@](O)(C(=O)OC)[C@H](OC(C)=O)[C@]5(CC)C=CCN6CC[C@]43[C@@H]65)C2)C1. The number of rotatable bonds is 9. The molecule has 9 rings (SSSR count). The number of para-hydroxylation sites is 1. The van der Waals surface area contributed by atoms with Crippen LogP contribution in [0.15, 0.2) is 48.6 Å². The van der Waals surface area contributed by atoms with E-state index in [0.717, 1.165) is 46.3 Å². The fraction of sp³-hybridized carbons (Fsp3) is 0.604. The van der Waals surface area contributed by atoms with Crippen molar-refractivity contribution in [2.45, 2.75) is 112 Å². The monoisotopic (exact) mass is 838 g/mol. The molecule has 328 valence electrons. The molecule has 13 heteroatoms. The smallest absolute Gasteiger partial charge is 0.344 e. The normalized spacial score (nSPS) is 36.1. The summed E-state index contributed by atoms with van der Waals surface area (Å²) in [4.78, 5) is 53.4. The van der Waals surface area contributed by atoms with Gasteiger partial charge in [0.15, 0.2) is 6.10 Å². The van der Waals surface area contributed by atoms with Crippen LogP contribution in [0.1, 0.15) is 88.1 Å². The number of H-pyrrole nitrogens is 1. The quantitative estimate of drug-likeness (QED) is 0.155. The number of methoxy groups -OCH3 is 3. The van der Waals surface area contributed by atoms with Gasteiger partial charge in [0.05, 0.1) is 33.0 Å². The maximum atomic E-state index is 15.4. The number of piperidine rings is 1. The summed E-state index contributed by atoms with van der Waals surface area (Å²) < 4.78 is 24.0. The lowest BCUT2D eigenvalue weighted by atomic mass is 9.47. The summed E-state index contributed by atoms with van der Waals surface area (Å²) in [5.74, 6) is -1.55. The molecule has 1 saturated carbocycles. The molecule has 1 aliphatic carbocycles. The number of carbonyl (C=O) groups is 3. The molecule has 1 spiro atoms. The molecule has 2 aromatic carbocycles. The highest BCUT2D eigenvalue weighted by Crippen LogP contribution is 2.68. The van der Waals surface area contributed by atoms with Gasteiger partial charge in [0.2, 0.25) is 5.60 Å². The number of carbonyl (C=O) groups excluding carboxylic acids is 3. The van der Waals surface area contributed by atoms with Crippen LogP contribution >= 0.6 is 0 Å². The third-order valence-corrected chi connectivity index (χ3v) is 15.9. The van der Waals surface area contributed by atoms with E-state index in [4.69, 9.17) is 18.9 Å². The number of esters is 3. The molecule has 2 bridgehead atoms. The topological polar surface area (TPSA) is 154 Å². The zero-order chi connectivity index (χ0) is 43.3. The van der Waals surface area contributed by atoms with Crippen LogP contribution in [-0.2, 0) is 45.8 Å². The first-order chi connectivity index (χ1) is 29.2. The summed E-state index contributed by atoms with van der Waals surface area (Å²) in [5, 5.41) is 26.7. The van der Waals surface area contributed by atoms with Crippen molar-refractivity contribution in [3.8, 4) is 5.75 Å². The number of hydrogen-bond donors (Lipinski definition) is 3. The summed E-state index contributed by atoms with van der Waals surface area (Å²) in [7, 11) is 6.18. The summed E-state index contributed by atoms with van der Waals surface area (Å²) in [6, 6.07) is 11.0. The Balaban J connectivity index is 1.34. The number of ether oxygens (including phenoxy) is 4. The molecule has 2 saturated heterocycles. The van der Waals surface area contributed by atoms with Gasteiger partial charge in [-0.1, -0.05) is 57.0 Å². The summed E-state index contributed by atoms with van der Waals surface area (Å²) in [6.45, 7) is 8.78. The molecule has 6 heterocycles. The van der Waals surface area contributed by atoms with Gasteiger partial charge in [-0.25, -0.2) is 4.79 Å². The average Bonchev–Trinajstić information content (AvgIpc) is 3.92. The largest absolute Gasteiger partial charge is 0.496 e. The summed E-state index contributed by atoms with van der Waals surface area (Å²) in [6.07, 6.45) is 7.95. The van der Waals surface area contributed by atoms with E-state index in [9.17, 15) is 19.8 Å². The van der Waals surface area contributed by atoms with E-state index in [-0.39, 0.29) is 12.0 Å². The van der Waals surface area contributed by atoms with Gasteiger partial charge in [0.1, 0.15) is 11.2 Å². The lowest BCUT2D eigenvalue weighted by Crippen LogP contribution is -2.81. The Labute approximate surface area is 358 Å². The number of hydrogen-bond acceptors (Lipinski definition) is 12. The number of unbranched alkanes of at least 4 members (excludes halogenated alkanes) is 1. The fourth-order valence-corrected chi connectivity index (χ4v) is 13.9. The molecule has 6 aliphatic rings. The van der Waals surface area contributed by atoms with Gasteiger partial charge in [-0.3, -0.25) is 19.4 Å². The summed E-state index contributed by atoms with van der Waals surface area (Å²) in [5.41, 5.74) is -1.59. The maximum absolute atomic E-state index is 15.4. The van der Waals surface area contributed by atoms with Crippen molar-refractivity contribution in [3.63, 3.8) is 0 Å². The molecule has 0 radical (unpaired) electrons. The molecule has 3 fully saturated rings. The Morgan fingerprint density at radius 3 is 2.44 bits per heavy atom. The van der Waals surface area contributed by atoms with E-state index >= 15 is 4.79 Å². The minimum atomic E-state index is -2.30. The lowest BCUT2D eigenvalue weighted by molar-refractivity contribution is -0.228. The molecule has 10 atom stereocenters. The van der Waals surface area contributed by atoms with Crippen LogP contribution in [0.2, 0.25) is 0 Å². The van der Waals surface area contributed by atoms with Gasteiger partial charge in [0.25, 0.3) is 0 Å². The number of fused-ring (bicyclic) bond motifs is 6. The molecule has 5 aliphatic heterocycles. The molecule has 13 nitrogen and oxygen atoms in total. The van der Waals surface area contributed by atoms with Crippen molar-refractivity contribution < 1.29 is 43.5 Å². The highest BCUT2D eigenvalue weighted by molar-refractivity contribution is 5.95. The average molecular weight is 839 g/mol. The second kappa shape index (κ2) is 14.8. The maximum Gasteiger partial charge on any atom is 0.344 e. The third kappa shape index (κ3) is 5.68. The highest BCUT2D eigenvalue weighted by atomic mass is 16.6. The molecule has 61 heavy (non-hydrogen) atoms. The fourth-order valence-electron chi connectivity index (χ4n) is 13.9. The van der Waals surface area contributed by atoms with Gasteiger partial charge >= 0.3 is 17.9 Å². The first-order valence-corrected chi connectivity index (χ1v) is 22.2. The van der Waals surface area contributed by atoms with Crippen LogP contribution in [0.5, 0.6) is 5.75 Å². The predicted molar refractivity (Wildman–Crippen MR) is 230 cm³/mol. The number of anilines is 1. The van der Waals surface area contributed by atoms with E-state index in [2.05, 4.69) is 46.0 Å². The second-order valence-electron chi connectivity index (χ2n) is 19.0. The van der Waals surface area contributed by atoms with Gasteiger partial charge < -0.3 is 39.0 Å². The Bertz CT molecular complexity index is 2290. The molecular formula is C48H62N4O9. The van der Waals surface area contributed by atoms with Crippen molar-refractivity contribution in [2.24, 2.45) is 11.3 Å². The van der Waals surface area contributed by atoms with Crippen molar-refractivity contribution in [1.29, 1.82) is 0 Å². The molecule has 1 unspecified atom stereocenters. The van der Waals surface area contributed by atoms with Crippen LogP contribution in [-0.4, -0.2) is 133 Å². The molecule has 3 N–H and O–H groups in total. The highest BCUT2D eigenvalue weighted by Gasteiger charge is 2.80. The van der Waals surface area contributed by atoms with E-state index in [0.29, 0.717) is 82.6 Å². The van der Waals surface area contributed by atoms with Crippen LogP contribution in [0.3, 0.4) is 0 Å². The lowest BCUT2D eigenvalue weighted by Gasteiger charge is -2.63. The number of aromatic amines is 1. The first-order valence-electron chi connectivity index (χ1n) is 22.2. The summed E-state index contributed by atoms with van der Waals surface area (Å²) >= 11 is 0. The van der Waals surface area contributed by atoms with E-state index in [1.165, 1.54) is 21.1 Å². The van der Waals surface area contributed by atoms with E-state index in [1.54, 1.807) is 7.11 Å². The van der Waals surface area contributed by atoms with Crippen molar-refractivity contribution in [3.05, 3.63) is 70.9 Å². The van der Waals surface area contributed by atoms with E-state index < -0.39 is 57.5 Å². The van der Waals surface area contributed by atoms with Crippen LogP contribution in [0.25, 0.3) is 10.9 Å². The zero-order valence-electron chi connectivity index (χ0n) is 36.7. The third-order valence-electron chi connectivity index (χ3n) is 15.9. The Morgan fingerprint density at radius 2 is 1.74 bits per heavy atom. The number of nitrogens with one attached hydrogen (secondary N) is 1. The van der Waals surface area contributed by atoms with Gasteiger partial charge in [0, 0.05) is 90.9 Å². The van der Waals surface area contributed by atoms with Gasteiger partial charge in [-0.05, 0) is 74.2 Å². The Kier molecular flexibility index (Phi) is 10.2. The van der Waals surface area contributed by atoms with Crippen LogP contribution in [0.4, 0.5) is 5.69 Å². The van der Waals surface area contributed by atoms with Crippen molar-refractivity contribution in [1.82, 2.24) is 14.8 Å². The Hall–Kier alpha value is -4.43. The number of benzene rings is 2. The van der Waals surface area contributed by atoms with Crippen molar-refractivity contribution in [2.75, 3.05) is 66.0 Å². The molecule has 1 aromatic heterocycles. The predicted octanol–water partition coefficient (Wildman–Crippen LogP) is 4.77.